The van der Waals surface area contributed by atoms with Crippen LogP contribution in [0.25, 0.3) is 10.9 Å². The molecule has 1 aliphatic carbocycles. The minimum absolute atomic E-state index is 0.0658. The molecule has 1 aliphatic heterocycles. The first kappa shape index (κ1) is 14.5. The van der Waals surface area contributed by atoms with E-state index in [2.05, 4.69) is 11.9 Å². The van der Waals surface area contributed by atoms with Crippen molar-refractivity contribution in [1.29, 1.82) is 0 Å². The molecule has 2 aliphatic rings. The second-order valence-corrected chi connectivity index (χ2v) is 7.07. The van der Waals surface area contributed by atoms with Crippen molar-refractivity contribution in [2.24, 2.45) is 5.92 Å². The second kappa shape index (κ2) is 5.06. The van der Waals surface area contributed by atoms with Gasteiger partial charge in [-0.3, -0.25) is 9.59 Å². The number of aromatic amines is 1. The van der Waals surface area contributed by atoms with Crippen LogP contribution in [0.5, 0.6) is 0 Å². The summed E-state index contributed by atoms with van der Waals surface area (Å²) in [6, 6.07) is 17.3. The molecule has 0 bridgehead atoms. The number of fused-ring (bicyclic) bond motifs is 5. The van der Waals surface area contributed by atoms with Crippen LogP contribution >= 0.6 is 0 Å². The topological polar surface area (TPSA) is 53.2 Å². The lowest BCUT2D eigenvalue weighted by molar-refractivity contribution is -0.122. The van der Waals surface area contributed by atoms with Gasteiger partial charge in [-0.1, -0.05) is 43.3 Å². The maximum atomic E-state index is 13.3. The molecule has 4 heteroatoms. The lowest BCUT2D eigenvalue weighted by atomic mass is 9.74. The summed E-state index contributed by atoms with van der Waals surface area (Å²) in [6.07, 6.45) is 0.707. The van der Waals surface area contributed by atoms with Crippen LogP contribution in [0.1, 0.15) is 36.4 Å². The number of H-pyrrole nitrogens is 1. The standard InChI is InChI=1S/C21H18N2O2/c1-12-11-15-18(17-14-9-5-6-10-16(14)22-19(12)17)21(25)23(20(15)24)13-7-3-2-4-8-13/h2-10,12,15,18,22H,11H2,1H3/t12?,15-,18-/m1/s1. The summed E-state index contributed by atoms with van der Waals surface area (Å²) >= 11 is 0. The Labute approximate surface area is 145 Å². The third-order valence-electron chi connectivity index (χ3n) is 5.63. The first-order valence-corrected chi connectivity index (χ1v) is 8.70. The minimum atomic E-state index is -0.380. The Kier molecular flexibility index (Phi) is 2.93. The van der Waals surface area contributed by atoms with Crippen molar-refractivity contribution in [3.05, 3.63) is 65.9 Å². The van der Waals surface area contributed by atoms with E-state index in [0.29, 0.717) is 12.1 Å². The fourth-order valence-electron chi connectivity index (χ4n) is 4.53. The number of anilines is 1. The van der Waals surface area contributed by atoms with E-state index >= 15 is 0 Å². The molecule has 5 rings (SSSR count). The van der Waals surface area contributed by atoms with E-state index in [-0.39, 0.29) is 29.6 Å². The molecule has 124 valence electrons. The van der Waals surface area contributed by atoms with Gasteiger partial charge in [-0.05, 0) is 36.1 Å². The molecule has 0 radical (unpaired) electrons. The van der Waals surface area contributed by atoms with E-state index in [9.17, 15) is 9.59 Å². The van der Waals surface area contributed by atoms with Gasteiger partial charge in [0.15, 0.2) is 0 Å². The number of amides is 2. The van der Waals surface area contributed by atoms with Crippen molar-refractivity contribution >= 4 is 28.4 Å². The van der Waals surface area contributed by atoms with Crippen LogP contribution in [-0.4, -0.2) is 16.8 Å². The quantitative estimate of drug-likeness (QED) is 0.687. The summed E-state index contributed by atoms with van der Waals surface area (Å²) in [5.41, 5.74) is 3.84. The maximum Gasteiger partial charge on any atom is 0.242 e. The molecular weight excluding hydrogens is 312 g/mol. The van der Waals surface area contributed by atoms with Crippen molar-refractivity contribution < 1.29 is 9.59 Å². The molecule has 1 aromatic heterocycles. The SMILES string of the molecule is CC1C[C@H]2C(=O)N(c3ccccc3)C(=O)[C@H]2c2c1[nH]c1ccccc21. The number of rotatable bonds is 1. The van der Waals surface area contributed by atoms with Crippen LogP contribution in [0.15, 0.2) is 54.6 Å². The van der Waals surface area contributed by atoms with Gasteiger partial charge >= 0.3 is 0 Å². The average Bonchev–Trinajstić information content (AvgIpc) is 3.13. The van der Waals surface area contributed by atoms with Gasteiger partial charge in [-0.2, -0.15) is 0 Å². The molecule has 3 atom stereocenters. The largest absolute Gasteiger partial charge is 0.358 e. The van der Waals surface area contributed by atoms with E-state index in [1.165, 1.54) is 4.90 Å². The zero-order valence-electron chi connectivity index (χ0n) is 13.9. The van der Waals surface area contributed by atoms with Crippen molar-refractivity contribution in [2.45, 2.75) is 25.2 Å². The number of benzene rings is 2. The molecule has 1 N–H and O–H groups in total. The third kappa shape index (κ3) is 1.88. The van der Waals surface area contributed by atoms with Crippen LogP contribution < -0.4 is 4.90 Å². The normalized spacial score (nSPS) is 25.3. The molecule has 1 fully saturated rings. The highest BCUT2D eigenvalue weighted by molar-refractivity contribution is 6.24. The molecule has 4 nitrogen and oxygen atoms in total. The molecular formula is C21H18N2O2. The first-order valence-electron chi connectivity index (χ1n) is 8.70. The van der Waals surface area contributed by atoms with Crippen LogP contribution in [0.4, 0.5) is 5.69 Å². The molecule has 0 spiro atoms. The minimum Gasteiger partial charge on any atom is -0.358 e. The smallest absolute Gasteiger partial charge is 0.242 e. The fourth-order valence-corrected chi connectivity index (χ4v) is 4.53. The number of para-hydroxylation sites is 2. The first-order chi connectivity index (χ1) is 12.2. The maximum absolute atomic E-state index is 13.3. The van der Waals surface area contributed by atoms with Gasteiger partial charge in [0.05, 0.1) is 17.5 Å². The zero-order chi connectivity index (χ0) is 17.1. The predicted octanol–water partition coefficient (Wildman–Crippen LogP) is 3.95. The molecule has 0 saturated carbocycles. The van der Waals surface area contributed by atoms with E-state index in [4.69, 9.17) is 0 Å². The molecule has 1 saturated heterocycles. The van der Waals surface area contributed by atoms with Crippen molar-refractivity contribution in [2.75, 3.05) is 4.90 Å². The van der Waals surface area contributed by atoms with E-state index in [1.807, 2.05) is 54.6 Å². The number of hydrogen-bond acceptors (Lipinski definition) is 2. The number of imide groups is 1. The van der Waals surface area contributed by atoms with Gasteiger partial charge in [-0.15, -0.1) is 0 Å². The van der Waals surface area contributed by atoms with Gasteiger partial charge in [0.2, 0.25) is 11.8 Å². The van der Waals surface area contributed by atoms with E-state index in [0.717, 1.165) is 22.2 Å². The summed E-state index contributed by atoms with van der Waals surface area (Å²) < 4.78 is 0. The number of carbonyl (C=O) groups excluding carboxylic acids is 2. The van der Waals surface area contributed by atoms with Crippen molar-refractivity contribution in [1.82, 2.24) is 4.98 Å². The molecule has 2 heterocycles. The van der Waals surface area contributed by atoms with E-state index in [1.54, 1.807) is 0 Å². The van der Waals surface area contributed by atoms with Crippen LogP contribution in [-0.2, 0) is 9.59 Å². The Morgan fingerprint density at radius 2 is 1.68 bits per heavy atom. The number of aromatic nitrogens is 1. The second-order valence-electron chi connectivity index (χ2n) is 7.07. The summed E-state index contributed by atoms with van der Waals surface area (Å²) in [5.74, 6) is -0.580. The van der Waals surface area contributed by atoms with Gasteiger partial charge in [-0.25, -0.2) is 4.90 Å². The molecule has 1 unspecified atom stereocenters. The van der Waals surface area contributed by atoms with Gasteiger partial charge < -0.3 is 4.98 Å². The highest BCUT2D eigenvalue weighted by atomic mass is 16.2. The summed E-state index contributed by atoms with van der Waals surface area (Å²) in [7, 11) is 0. The van der Waals surface area contributed by atoms with Crippen molar-refractivity contribution in [3.63, 3.8) is 0 Å². The Bertz CT molecular complexity index is 1010. The fraction of sp³-hybridized carbons (Fsp3) is 0.238. The Morgan fingerprint density at radius 1 is 0.960 bits per heavy atom. The lowest BCUT2D eigenvalue weighted by Gasteiger charge is -2.27. The Morgan fingerprint density at radius 3 is 2.48 bits per heavy atom. The number of hydrogen-bond donors (Lipinski definition) is 1. The van der Waals surface area contributed by atoms with Gasteiger partial charge in [0.1, 0.15) is 0 Å². The monoisotopic (exact) mass is 330 g/mol. The highest BCUT2D eigenvalue weighted by Gasteiger charge is 2.53. The van der Waals surface area contributed by atoms with Crippen LogP contribution in [0.3, 0.4) is 0 Å². The van der Waals surface area contributed by atoms with Crippen molar-refractivity contribution in [3.8, 4) is 0 Å². The molecule has 3 aromatic rings. The Hall–Kier alpha value is -2.88. The summed E-state index contributed by atoms with van der Waals surface area (Å²) in [6.45, 7) is 2.13. The summed E-state index contributed by atoms with van der Waals surface area (Å²) in [4.78, 5) is 31.2. The lowest BCUT2D eigenvalue weighted by Crippen LogP contribution is -2.30. The molecule has 2 aromatic carbocycles. The number of carbonyl (C=O) groups is 2. The number of nitrogens with zero attached hydrogens (tertiary/aromatic N) is 1. The Balaban J connectivity index is 1.71. The predicted molar refractivity (Wildman–Crippen MR) is 96.5 cm³/mol. The summed E-state index contributed by atoms with van der Waals surface area (Å²) in [5, 5.41) is 1.06. The van der Waals surface area contributed by atoms with E-state index < -0.39 is 0 Å². The number of nitrogens with one attached hydrogen (secondary N) is 1. The van der Waals surface area contributed by atoms with Gasteiger partial charge in [0, 0.05) is 16.6 Å². The zero-order valence-corrected chi connectivity index (χ0v) is 13.9. The van der Waals surface area contributed by atoms with Crippen LogP contribution in [0.2, 0.25) is 0 Å². The molecule has 25 heavy (non-hydrogen) atoms. The third-order valence-corrected chi connectivity index (χ3v) is 5.63. The molecule has 2 amide bonds. The van der Waals surface area contributed by atoms with Gasteiger partial charge in [0.25, 0.3) is 0 Å². The average molecular weight is 330 g/mol. The highest BCUT2D eigenvalue weighted by Crippen LogP contribution is 2.50. The van der Waals surface area contributed by atoms with Crippen LogP contribution in [0, 0.1) is 5.92 Å².